The molecule has 0 spiro atoms. The van der Waals surface area contributed by atoms with Crippen molar-refractivity contribution >= 4 is 11.8 Å². The summed E-state index contributed by atoms with van der Waals surface area (Å²) in [6.07, 6.45) is 9.60. The van der Waals surface area contributed by atoms with Crippen LogP contribution < -0.4 is 15.5 Å². The lowest BCUT2D eigenvalue weighted by Gasteiger charge is -2.28. The third kappa shape index (κ3) is 4.62. The van der Waals surface area contributed by atoms with Gasteiger partial charge in [0.1, 0.15) is 5.82 Å². The number of hydrogen-bond donors (Lipinski definition) is 2. The smallest absolute Gasteiger partial charge is 0.191 e. The Morgan fingerprint density at radius 3 is 2.71 bits per heavy atom. The second-order valence-electron chi connectivity index (χ2n) is 7.24. The number of aliphatic imine (C=N–C) groups is 1. The SMILES string of the molecule is CN=C(NCc1ccnc(N2CCCC2)c1)NC1CCC(C)CC1. The summed E-state index contributed by atoms with van der Waals surface area (Å²) in [6, 6.07) is 4.85. The third-order valence-electron chi connectivity index (χ3n) is 5.28. The molecule has 0 atom stereocenters. The number of nitrogens with zero attached hydrogens (tertiary/aromatic N) is 3. The number of pyridine rings is 1. The van der Waals surface area contributed by atoms with E-state index in [0.717, 1.165) is 37.3 Å². The van der Waals surface area contributed by atoms with Crippen molar-refractivity contribution in [3.63, 3.8) is 0 Å². The van der Waals surface area contributed by atoms with Gasteiger partial charge in [0.05, 0.1) is 0 Å². The summed E-state index contributed by atoms with van der Waals surface area (Å²) in [4.78, 5) is 11.3. The molecule has 0 bridgehead atoms. The van der Waals surface area contributed by atoms with Gasteiger partial charge in [0.2, 0.25) is 0 Å². The summed E-state index contributed by atoms with van der Waals surface area (Å²) in [5, 5.41) is 7.03. The Morgan fingerprint density at radius 2 is 2.00 bits per heavy atom. The second-order valence-corrected chi connectivity index (χ2v) is 7.24. The van der Waals surface area contributed by atoms with Gasteiger partial charge < -0.3 is 15.5 Å². The van der Waals surface area contributed by atoms with Crippen LogP contribution in [-0.2, 0) is 6.54 Å². The van der Waals surface area contributed by atoms with E-state index in [1.165, 1.54) is 44.1 Å². The third-order valence-corrected chi connectivity index (χ3v) is 5.28. The molecule has 1 saturated heterocycles. The molecule has 0 aromatic carbocycles. The molecule has 1 aromatic heterocycles. The quantitative estimate of drug-likeness (QED) is 0.659. The number of rotatable bonds is 4. The van der Waals surface area contributed by atoms with E-state index in [2.05, 4.69) is 44.6 Å². The van der Waals surface area contributed by atoms with Crippen LogP contribution in [0.25, 0.3) is 0 Å². The van der Waals surface area contributed by atoms with E-state index in [1.807, 2.05) is 13.2 Å². The zero-order valence-electron chi connectivity index (χ0n) is 15.1. The lowest BCUT2D eigenvalue weighted by molar-refractivity contribution is 0.329. The molecular formula is C19H31N5. The van der Waals surface area contributed by atoms with Gasteiger partial charge in [0.25, 0.3) is 0 Å². The number of anilines is 1. The van der Waals surface area contributed by atoms with E-state index in [0.29, 0.717) is 6.04 Å². The summed E-state index contributed by atoms with van der Waals surface area (Å²) >= 11 is 0. The van der Waals surface area contributed by atoms with Gasteiger partial charge in [-0.05, 0) is 62.1 Å². The molecule has 1 aliphatic heterocycles. The van der Waals surface area contributed by atoms with Crippen LogP contribution >= 0.6 is 0 Å². The van der Waals surface area contributed by atoms with Gasteiger partial charge in [-0.2, -0.15) is 0 Å². The van der Waals surface area contributed by atoms with Crippen LogP contribution in [0.3, 0.4) is 0 Å². The molecule has 2 fully saturated rings. The molecule has 0 unspecified atom stereocenters. The maximum atomic E-state index is 4.52. The van der Waals surface area contributed by atoms with Gasteiger partial charge in [0.15, 0.2) is 5.96 Å². The Kier molecular flexibility index (Phi) is 5.94. The van der Waals surface area contributed by atoms with Crippen molar-refractivity contribution in [1.29, 1.82) is 0 Å². The molecule has 5 heteroatoms. The molecule has 0 radical (unpaired) electrons. The first-order valence-electron chi connectivity index (χ1n) is 9.41. The zero-order valence-corrected chi connectivity index (χ0v) is 15.1. The molecule has 5 nitrogen and oxygen atoms in total. The van der Waals surface area contributed by atoms with E-state index in [9.17, 15) is 0 Å². The molecule has 1 saturated carbocycles. The van der Waals surface area contributed by atoms with E-state index >= 15 is 0 Å². The first kappa shape index (κ1) is 17.1. The average Bonchev–Trinajstić information content (AvgIpc) is 3.15. The van der Waals surface area contributed by atoms with Crippen LogP contribution in [0.5, 0.6) is 0 Å². The number of aromatic nitrogens is 1. The maximum absolute atomic E-state index is 4.52. The topological polar surface area (TPSA) is 52.6 Å². The molecule has 132 valence electrons. The van der Waals surface area contributed by atoms with Crippen molar-refractivity contribution < 1.29 is 0 Å². The van der Waals surface area contributed by atoms with Crippen LogP contribution in [0.4, 0.5) is 5.82 Å². The lowest BCUT2D eigenvalue weighted by Crippen LogP contribution is -2.44. The van der Waals surface area contributed by atoms with Crippen molar-refractivity contribution in [2.24, 2.45) is 10.9 Å². The molecule has 1 aliphatic carbocycles. The number of nitrogens with one attached hydrogen (secondary N) is 2. The van der Waals surface area contributed by atoms with Crippen LogP contribution in [0.15, 0.2) is 23.3 Å². The largest absolute Gasteiger partial charge is 0.357 e. The van der Waals surface area contributed by atoms with Crippen LogP contribution in [-0.4, -0.2) is 37.1 Å². The van der Waals surface area contributed by atoms with Crippen LogP contribution in [0.1, 0.15) is 51.0 Å². The highest BCUT2D eigenvalue weighted by Crippen LogP contribution is 2.23. The highest BCUT2D eigenvalue weighted by atomic mass is 15.2. The first-order valence-corrected chi connectivity index (χ1v) is 9.41. The normalized spacial score (nSPS) is 24.9. The number of guanidine groups is 1. The van der Waals surface area contributed by atoms with Crippen LogP contribution in [0.2, 0.25) is 0 Å². The molecule has 0 amide bonds. The second kappa shape index (κ2) is 8.36. The molecular weight excluding hydrogens is 298 g/mol. The van der Waals surface area contributed by atoms with Crippen molar-refractivity contribution in [1.82, 2.24) is 15.6 Å². The molecule has 1 aromatic rings. The number of hydrogen-bond acceptors (Lipinski definition) is 3. The highest BCUT2D eigenvalue weighted by Gasteiger charge is 2.19. The van der Waals surface area contributed by atoms with Crippen molar-refractivity contribution in [3.05, 3.63) is 23.9 Å². The first-order chi connectivity index (χ1) is 11.7. The summed E-state index contributed by atoms with van der Waals surface area (Å²) in [6.45, 7) is 5.40. The minimum absolute atomic E-state index is 0.560. The summed E-state index contributed by atoms with van der Waals surface area (Å²) < 4.78 is 0. The van der Waals surface area contributed by atoms with E-state index in [4.69, 9.17) is 0 Å². The van der Waals surface area contributed by atoms with Crippen LogP contribution in [0, 0.1) is 5.92 Å². The average molecular weight is 329 g/mol. The fraction of sp³-hybridized carbons (Fsp3) is 0.684. The molecule has 3 rings (SSSR count). The minimum Gasteiger partial charge on any atom is -0.357 e. The van der Waals surface area contributed by atoms with Gasteiger partial charge in [0, 0.05) is 38.9 Å². The Bertz CT molecular complexity index is 542. The van der Waals surface area contributed by atoms with Crippen molar-refractivity contribution in [2.45, 2.75) is 58.0 Å². The Balaban J connectivity index is 1.51. The lowest BCUT2D eigenvalue weighted by atomic mass is 9.87. The predicted octanol–water partition coefficient (Wildman–Crippen LogP) is 2.93. The summed E-state index contributed by atoms with van der Waals surface area (Å²) in [5.74, 6) is 2.89. The van der Waals surface area contributed by atoms with Crippen molar-refractivity contribution in [2.75, 3.05) is 25.0 Å². The zero-order chi connectivity index (χ0) is 16.8. The molecule has 2 heterocycles. The minimum atomic E-state index is 0.560. The van der Waals surface area contributed by atoms with Gasteiger partial charge in [-0.25, -0.2) is 4.98 Å². The van der Waals surface area contributed by atoms with Gasteiger partial charge in [-0.1, -0.05) is 6.92 Å². The van der Waals surface area contributed by atoms with Gasteiger partial charge in [-0.15, -0.1) is 0 Å². The summed E-state index contributed by atoms with van der Waals surface area (Å²) in [5.41, 5.74) is 1.26. The maximum Gasteiger partial charge on any atom is 0.191 e. The van der Waals surface area contributed by atoms with Gasteiger partial charge >= 0.3 is 0 Å². The predicted molar refractivity (Wildman–Crippen MR) is 100 cm³/mol. The summed E-state index contributed by atoms with van der Waals surface area (Å²) in [7, 11) is 1.85. The molecule has 2 aliphatic rings. The highest BCUT2D eigenvalue weighted by molar-refractivity contribution is 5.80. The van der Waals surface area contributed by atoms with Gasteiger partial charge in [-0.3, -0.25) is 4.99 Å². The van der Waals surface area contributed by atoms with Crippen molar-refractivity contribution in [3.8, 4) is 0 Å². The molecule has 24 heavy (non-hydrogen) atoms. The fourth-order valence-corrected chi connectivity index (χ4v) is 3.67. The monoisotopic (exact) mass is 329 g/mol. The Morgan fingerprint density at radius 1 is 1.25 bits per heavy atom. The fourth-order valence-electron chi connectivity index (χ4n) is 3.67. The van der Waals surface area contributed by atoms with E-state index in [-0.39, 0.29) is 0 Å². The Labute approximate surface area is 146 Å². The van der Waals surface area contributed by atoms with E-state index < -0.39 is 0 Å². The standard InChI is InChI=1S/C19H31N5/c1-15-5-7-17(8-6-15)23-19(20-2)22-14-16-9-10-21-18(13-16)24-11-3-4-12-24/h9-10,13,15,17H,3-8,11-12,14H2,1-2H3,(H2,20,22,23). The molecule has 2 N–H and O–H groups in total. The Hall–Kier alpha value is -1.78. The van der Waals surface area contributed by atoms with E-state index in [1.54, 1.807) is 0 Å².